The van der Waals surface area contributed by atoms with E-state index in [1.165, 1.54) is 25.7 Å². The number of nitrogens with zero attached hydrogens (tertiary/aromatic N) is 2. The Labute approximate surface area is 169 Å². The van der Waals surface area contributed by atoms with E-state index in [9.17, 15) is 4.79 Å². The van der Waals surface area contributed by atoms with E-state index in [0.29, 0.717) is 6.04 Å². The highest BCUT2D eigenvalue weighted by molar-refractivity contribution is 14.0. The molecule has 24 heavy (non-hydrogen) atoms. The van der Waals surface area contributed by atoms with Gasteiger partial charge in [-0.15, -0.1) is 24.0 Å². The zero-order valence-corrected chi connectivity index (χ0v) is 18.9. The summed E-state index contributed by atoms with van der Waals surface area (Å²) < 4.78 is 0. The van der Waals surface area contributed by atoms with Crippen LogP contribution in [-0.2, 0) is 4.79 Å². The molecule has 1 aliphatic rings. The van der Waals surface area contributed by atoms with Gasteiger partial charge in [0.15, 0.2) is 5.96 Å². The molecule has 1 amide bonds. The van der Waals surface area contributed by atoms with Crippen LogP contribution in [0.3, 0.4) is 0 Å². The van der Waals surface area contributed by atoms with Crippen LogP contribution < -0.4 is 10.6 Å². The molecular weight excluding hydrogens is 435 g/mol. The van der Waals surface area contributed by atoms with Crippen LogP contribution in [0.2, 0.25) is 0 Å². The van der Waals surface area contributed by atoms with Gasteiger partial charge in [0.1, 0.15) is 6.54 Å². The fourth-order valence-electron chi connectivity index (χ4n) is 2.84. The fourth-order valence-corrected chi connectivity index (χ4v) is 3.14. The number of amides is 1. The molecule has 0 aromatic heterocycles. The zero-order chi connectivity index (χ0) is 17.2. The maximum Gasteiger partial charge on any atom is 0.243 e. The lowest BCUT2D eigenvalue weighted by atomic mass is 9.80. The van der Waals surface area contributed by atoms with E-state index in [2.05, 4.69) is 35.7 Å². The molecule has 0 radical (unpaired) electrons. The lowest BCUT2D eigenvalue weighted by Crippen LogP contribution is -2.46. The van der Waals surface area contributed by atoms with Gasteiger partial charge >= 0.3 is 0 Å². The number of halogens is 1. The molecule has 0 heterocycles. The first-order chi connectivity index (χ1) is 10.9. The van der Waals surface area contributed by atoms with Crippen molar-refractivity contribution < 1.29 is 4.79 Å². The maximum atomic E-state index is 11.7. The minimum atomic E-state index is 0. The molecule has 2 N–H and O–H groups in total. The first-order valence-corrected chi connectivity index (χ1v) is 10.1. The summed E-state index contributed by atoms with van der Waals surface area (Å²) in [6, 6.07) is 0.472. The summed E-state index contributed by atoms with van der Waals surface area (Å²) >= 11 is 1.80. The van der Waals surface area contributed by atoms with Crippen molar-refractivity contribution in [1.82, 2.24) is 15.5 Å². The Bertz CT molecular complexity index is 383. The van der Waals surface area contributed by atoms with Gasteiger partial charge in [0.2, 0.25) is 5.91 Å². The van der Waals surface area contributed by atoms with E-state index >= 15 is 0 Å². The van der Waals surface area contributed by atoms with Gasteiger partial charge < -0.3 is 15.5 Å². The average molecular weight is 470 g/mol. The Kier molecular flexibility index (Phi) is 13.0. The van der Waals surface area contributed by atoms with Crippen LogP contribution in [0.1, 0.15) is 39.5 Å². The van der Waals surface area contributed by atoms with Crippen LogP contribution in [0.4, 0.5) is 0 Å². The minimum absolute atomic E-state index is 0. The summed E-state index contributed by atoms with van der Waals surface area (Å²) in [6.07, 6.45) is 7.03. The summed E-state index contributed by atoms with van der Waals surface area (Å²) in [4.78, 5) is 17.8. The van der Waals surface area contributed by atoms with Crippen molar-refractivity contribution in [3.05, 3.63) is 0 Å². The molecule has 1 saturated carbocycles. The van der Waals surface area contributed by atoms with Crippen LogP contribution in [0.5, 0.6) is 0 Å². The standard InChI is InChI=1S/C17H34N4OS.HI/c1-13(2)14-6-8-15(9-7-14)20-17(18-10-11-23-5)19-12-16(22)21(3)4;/h13-15H,6-12H2,1-5H3,(H2,18,19,20);1H. The number of carbonyl (C=O) groups excluding carboxylic acids is 1. The minimum Gasteiger partial charge on any atom is -0.356 e. The molecule has 0 saturated heterocycles. The number of carbonyl (C=O) groups is 1. The van der Waals surface area contributed by atoms with Crippen molar-refractivity contribution in [3.63, 3.8) is 0 Å². The van der Waals surface area contributed by atoms with Gasteiger partial charge in [0, 0.05) is 32.4 Å². The highest BCUT2D eigenvalue weighted by atomic mass is 127. The molecule has 142 valence electrons. The van der Waals surface area contributed by atoms with Crippen LogP contribution in [0.15, 0.2) is 4.99 Å². The van der Waals surface area contributed by atoms with Crippen molar-refractivity contribution in [2.45, 2.75) is 45.6 Å². The number of likely N-dealkylation sites (N-methyl/N-ethyl adjacent to an activating group) is 1. The molecule has 0 unspecified atom stereocenters. The highest BCUT2D eigenvalue weighted by Gasteiger charge is 2.23. The van der Waals surface area contributed by atoms with Crippen molar-refractivity contribution in [2.24, 2.45) is 16.8 Å². The predicted octanol–water partition coefficient (Wildman–Crippen LogP) is 2.81. The second kappa shape index (κ2) is 13.1. The Hall–Kier alpha value is -0.180. The fraction of sp³-hybridized carbons (Fsp3) is 0.882. The summed E-state index contributed by atoms with van der Waals surface area (Å²) in [5.41, 5.74) is 0. The number of thioether (sulfide) groups is 1. The van der Waals surface area contributed by atoms with E-state index < -0.39 is 0 Å². The second-order valence-electron chi connectivity index (χ2n) is 6.87. The predicted molar refractivity (Wildman–Crippen MR) is 117 cm³/mol. The largest absolute Gasteiger partial charge is 0.356 e. The maximum absolute atomic E-state index is 11.7. The third kappa shape index (κ3) is 9.34. The Morgan fingerprint density at radius 1 is 1.25 bits per heavy atom. The molecule has 7 heteroatoms. The van der Waals surface area contributed by atoms with Crippen molar-refractivity contribution >= 4 is 47.6 Å². The van der Waals surface area contributed by atoms with Gasteiger partial charge in [-0.05, 0) is 43.8 Å². The monoisotopic (exact) mass is 470 g/mol. The van der Waals surface area contributed by atoms with E-state index in [4.69, 9.17) is 0 Å². The molecule has 0 atom stereocenters. The third-order valence-electron chi connectivity index (χ3n) is 4.53. The highest BCUT2D eigenvalue weighted by Crippen LogP contribution is 2.29. The van der Waals surface area contributed by atoms with Gasteiger partial charge in [-0.3, -0.25) is 4.79 Å². The third-order valence-corrected chi connectivity index (χ3v) is 5.14. The second-order valence-corrected chi connectivity index (χ2v) is 7.86. The van der Waals surface area contributed by atoms with Crippen LogP contribution in [-0.4, -0.2) is 62.0 Å². The molecule has 0 spiro atoms. The summed E-state index contributed by atoms with van der Waals surface area (Å²) in [6.45, 7) is 5.71. The van der Waals surface area contributed by atoms with Crippen LogP contribution >= 0.6 is 35.7 Å². The Balaban J connectivity index is 0.00000529. The molecule has 1 aliphatic carbocycles. The normalized spacial score (nSPS) is 21.2. The zero-order valence-electron chi connectivity index (χ0n) is 15.8. The molecule has 0 aliphatic heterocycles. The SMILES string of the molecule is CSCCNC(=NCC(=O)N(C)C)NC1CCC(C(C)C)CC1.I. The Morgan fingerprint density at radius 3 is 2.38 bits per heavy atom. The molecular formula is C17H35IN4OS. The summed E-state index contributed by atoms with van der Waals surface area (Å²) in [7, 11) is 3.53. The number of aliphatic imine (C=N–C) groups is 1. The number of nitrogens with one attached hydrogen (secondary N) is 2. The molecule has 0 aromatic rings. The number of rotatable bonds is 7. The summed E-state index contributed by atoms with van der Waals surface area (Å²) in [5.74, 6) is 3.47. The van der Waals surface area contributed by atoms with Crippen molar-refractivity contribution in [2.75, 3.05) is 39.2 Å². The van der Waals surface area contributed by atoms with E-state index in [1.807, 2.05) is 0 Å². The lowest BCUT2D eigenvalue weighted by Gasteiger charge is -2.32. The number of hydrogen-bond acceptors (Lipinski definition) is 3. The molecule has 0 aromatic carbocycles. The van der Waals surface area contributed by atoms with Gasteiger partial charge in [0.05, 0.1) is 0 Å². The summed E-state index contributed by atoms with van der Waals surface area (Å²) in [5, 5.41) is 6.87. The van der Waals surface area contributed by atoms with E-state index in [-0.39, 0.29) is 36.4 Å². The van der Waals surface area contributed by atoms with Gasteiger partial charge in [-0.2, -0.15) is 11.8 Å². The van der Waals surface area contributed by atoms with Gasteiger partial charge in [-0.25, -0.2) is 4.99 Å². The van der Waals surface area contributed by atoms with Crippen molar-refractivity contribution in [3.8, 4) is 0 Å². The molecule has 1 fully saturated rings. The quantitative estimate of drug-likeness (QED) is 0.260. The number of hydrogen-bond donors (Lipinski definition) is 2. The van der Waals surface area contributed by atoms with Crippen LogP contribution in [0.25, 0.3) is 0 Å². The molecule has 0 bridgehead atoms. The molecule has 1 rings (SSSR count). The Morgan fingerprint density at radius 2 is 1.88 bits per heavy atom. The molecule has 5 nitrogen and oxygen atoms in total. The van der Waals surface area contributed by atoms with Crippen molar-refractivity contribution in [1.29, 1.82) is 0 Å². The van der Waals surface area contributed by atoms with Gasteiger partial charge in [0.25, 0.3) is 0 Å². The van der Waals surface area contributed by atoms with E-state index in [1.54, 1.807) is 30.8 Å². The first kappa shape index (κ1) is 23.8. The number of guanidine groups is 1. The smallest absolute Gasteiger partial charge is 0.243 e. The average Bonchev–Trinajstić information content (AvgIpc) is 2.52. The lowest BCUT2D eigenvalue weighted by molar-refractivity contribution is -0.127. The first-order valence-electron chi connectivity index (χ1n) is 8.68. The van der Waals surface area contributed by atoms with Gasteiger partial charge in [-0.1, -0.05) is 13.8 Å². The van der Waals surface area contributed by atoms with E-state index in [0.717, 1.165) is 30.1 Å². The van der Waals surface area contributed by atoms with Crippen LogP contribution in [0, 0.1) is 11.8 Å². The topological polar surface area (TPSA) is 56.7 Å².